The van der Waals surface area contributed by atoms with Gasteiger partial charge in [0.1, 0.15) is 0 Å². The van der Waals surface area contributed by atoms with Crippen molar-refractivity contribution in [3.63, 3.8) is 0 Å². The summed E-state index contributed by atoms with van der Waals surface area (Å²) in [5.74, 6) is 0. The van der Waals surface area contributed by atoms with Gasteiger partial charge in [0.2, 0.25) is 10.0 Å². The summed E-state index contributed by atoms with van der Waals surface area (Å²) in [6, 6.07) is 5.88. The van der Waals surface area contributed by atoms with Crippen molar-refractivity contribution in [3.8, 4) is 0 Å². The zero-order chi connectivity index (χ0) is 17.6. The first kappa shape index (κ1) is 22.4. The van der Waals surface area contributed by atoms with Gasteiger partial charge in [-0.25, -0.2) is 21.6 Å². The third kappa shape index (κ3) is 7.22. The van der Waals surface area contributed by atoms with Crippen molar-refractivity contribution in [2.24, 2.45) is 0 Å². The molecule has 0 atom stereocenters. The van der Waals surface area contributed by atoms with Gasteiger partial charge in [-0.1, -0.05) is 31.7 Å². The molecular formula is C16H27ClN2O4S2. The van der Waals surface area contributed by atoms with Gasteiger partial charge in [-0.3, -0.25) is 0 Å². The van der Waals surface area contributed by atoms with Gasteiger partial charge in [0.25, 0.3) is 0 Å². The summed E-state index contributed by atoms with van der Waals surface area (Å²) in [5, 5.41) is 3.40. The first-order valence-electron chi connectivity index (χ1n) is 8.32. The van der Waals surface area contributed by atoms with E-state index in [1.807, 2.05) is 0 Å². The summed E-state index contributed by atoms with van der Waals surface area (Å²) >= 11 is 0. The van der Waals surface area contributed by atoms with E-state index >= 15 is 0 Å². The molecule has 0 heterocycles. The summed E-state index contributed by atoms with van der Waals surface area (Å²) in [4.78, 5) is -0.0261. The van der Waals surface area contributed by atoms with Crippen LogP contribution in [0.25, 0.3) is 0 Å². The normalized spacial score (nSPS) is 16.8. The molecule has 6 nitrogen and oxygen atoms in total. The molecule has 0 aromatic heterocycles. The molecule has 1 aliphatic carbocycles. The standard InChI is InChI=1S/C16H26N2O4S2.ClH/c1-23(19,20)15-9-6-10-16(13-15)24(21,22)18-12-11-17-14-7-4-2-3-5-8-14;/h6,9-10,13-14,17-18H,2-5,7-8,11-12H2,1H3;1H. The van der Waals surface area contributed by atoms with Gasteiger partial charge >= 0.3 is 0 Å². The van der Waals surface area contributed by atoms with Crippen LogP contribution in [0.15, 0.2) is 34.1 Å². The lowest BCUT2D eigenvalue weighted by Gasteiger charge is -2.16. The Morgan fingerprint density at radius 3 is 2.16 bits per heavy atom. The Morgan fingerprint density at radius 1 is 0.960 bits per heavy atom. The molecule has 1 aliphatic rings. The van der Waals surface area contributed by atoms with Gasteiger partial charge in [-0.2, -0.15) is 0 Å². The molecule has 144 valence electrons. The van der Waals surface area contributed by atoms with Gasteiger partial charge in [-0.15, -0.1) is 12.4 Å². The molecule has 1 aromatic carbocycles. The van der Waals surface area contributed by atoms with Crippen molar-refractivity contribution in [3.05, 3.63) is 24.3 Å². The van der Waals surface area contributed by atoms with E-state index in [4.69, 9.17) is 0 Å². The fraction of sp³-hybridized carbons (Fsp3) is 0.625. The fourth-order valence-corrected chi connectivity index (χ4v) is 4.72. The van der Waals surface area contributed by atoms with Gasteiger partial charge in [0.15, 0.2) is 9.84 Å². The molecule has 1 fully saturated rings. The Labute approximate surface area is 157 Å². The molecular weight excluding hydrogens is 384 g/mol. The maximum Gasteiger partial charge on any atom is 0.240 e. The van der Waals surface area contributed by atoms with Crippen molar-refractivity contribution in [2.75, 3.05) is 19.3 Å². The van der Waals surface area contributed by atoms with E-state index in [1.54, 1.807) is 0 Å². The van der Waals surface area contributed by atoms with Crippen molar-refractivity contribution < 1.29 is 16.8 Å². The number of nitrogens with one attached hydrogen (secondary N) is 2. The van der Waals surface area contributed by atoms with E-state index in [-0.39, 0.29) is 28.7 Å². The number of hydrogen-bond acceptors (Lipinski definition) is 5. The van der Waals surface area contributed by atoms with Crippen LogP contribution >= 0.6 is 12.4 Å². The lowest BCUT2D eigenvalue weighted by Crippen LogP contribution is -2.36. The molecule has 0 radical (unpaired) electrons. The second kappa shape index (κ2) is 9.87. The zero-order valence-electron chi connectivity index (χ0n) is 14.4. The molecule has 1 saturated carbocycles. The van der Waals surface area contributed by atoms with Crippen LogP contribution in [0.4, 0.5) is 0 Å². The molecule has 2 N–H and O–H groups in total. The summed E-state index contributed by atoms with van der Waals surface area (Å²) in [5.41, 5.74) is 0. The van der Waals surface area contributed by atoms with E-state index in [9.17, 15) is 16.8 Å². The minimum absolute atomic E-state index is 0. The van der Waals surface area contributed by atoms with Gasteiger partial charge in [0.05, 0.1) is 9.79 Å². The van der Waals surface area contributed by atoms with Crippen LogP contribution in [0.5, 0.6) is 0 Å². The maximum absolute atomic E-state index is 12.3. The van der Waals surface area contributed by atoms with Crippen LogP contribution in [-0.4, -0.2) is 42.2 Å². The largest absolute Gasteiger partial charge is 0.313 e. The van der Waals surface area contributed by atoms with Crippen LogP contribution in [0, 0.1) is 0 Å². The minimum atomic E-state index is -3.71. The van der Waals surface area contributed by atoms with Crippen LogP contribution < -0.4 is 10.0 Å². The number of rotatable bonds is 7. The van der Waals surface area contributed by atoms with Crippen LogP contribution in [0.2, 0.25) is 0 Å². The molecule has 25 heavy (non-hydrogen) atoms. The number of benzene rings is 1. The molecule has 2 rings (SSSR count). The van der Waals surface area contributed by atoms with E-state index < -0.39 is 19.9 Å². The second-order valence-corrected chi connectivity index (χ2v) is 10.1. The summed E-state index contributed by atoms with van der Waals surface area (Å²) in [7, 11) is -7.14. The SMILES string of the molecule is CS(=O)(=O)c1cccc(S(=O)(=O)NCCNC2CCCCCC2)c1.Cl. The highest BCUT2D eigenvalue weighted by molar-refractivity contribution is 7.91. The highest BCUT2D eigenvalue weighted by atomic mass is 35.5. The summed E-state index contributed by atoms with van der Waals surface area (Å²) in [6.07, 6.45) is 8.35. The van der Waals surface area contributed by atoms with Crippen LogP contribution in [0.1, 0.15) is 38.5 Å². The average molecular weight is 411 g/mol. The quantitative estimate of drug-likeness (QED) is 0.530. The Kier molecular flexibility index (Phi) is 8.83. The van der Waals surface area contributed by atoms with E-state index in [0.29, 0.717) is 12.6 Å². The van der Waals surface area contributed by atoms with E-state index in [1.165, 1.54) is 49.9 Å². The second-order valence-electron chi connectivity index (χ2n) is 6.29. The Balaban J connectivity index is 0.00000312. The van der Waals surface area contributed by atoms with Crippen LogP contribution in [-0.2, 0) is 19.9 Å². The number of halogens is 1. The lowest BCUT2D eigenvalue weighted by atomic mass is 10.1. The zero-order valence-corrected chi connectivity index (χ0v) is 16.9. The average Bonchev–Trinajstić information content (AvgIpc) is 2.80. The van der Waals surface area contributed by atoms with Crippen molar-refractivity contribution in [2.45, 2.75) is 54.4 Å². The third-order valence-electron chi connectivity index (χ3n) is 4.25. The lowest BCUT2D eigenvalue weighted by molar-refractivity contribution is 0.461. The molecule has 0 aliphatic heterocycles. The molecule has 0 spiro atoms. The van der Waals surface area contributed by atoms with Gasteiger partial charge in [-0.05, 0) is 31.0 Å². The van der Waals surface area contributed by atoms with Crippen molar-refractivity contribution in [1.29, 1.82) is 0 Å². The highest BCUT2D eigenvalue weighted by Crippen LogP contribution is 2.17. The predicted octanol–water partition coefficient (Wildman–Crippen LogP) is 2.10. The number of hydrogen-bond donors (Lipinski definition) is 2. The summed E-state index contributed by atoms with van der Waals surface area (Å²) in [6.45, 7) is 0.845. The minimum Gasteiger partial charge on any atom is -0.313 e. The number of sulfone groups is 1. The molecule has 0 saturated heterocycles. The highest BCUT2D eigenvalue weighted by Gasteiger charge is 2.17. The first-order chi connectivity index (χ1) is 11.3. The van der Waals surface area contributed by atoms with Gasteiger partial charge in [0, 0.05) is 25.4 Å². The molecule has 0 amide bonds. The molecule has 0 bridgehead atoms. The Hall–Kier alpha value is -0.670. The van der Waals surface area contributed by atoms with E-state index in [2.05, 4.69) is 10.0 Å². The van der Waals surface area contributed by atoms with Crippen LogP contribution in [0.3, 0.4) is 0 Å². The Morgan fingerprint density at radius 2 is 1.56 bits per heavy atom. The van der Waals surface area contributed by atoms with Crippen molar-refractivity contribution in [1.82, 2.24) is 10.0 Å². The summed E-state index contributed by atoms with van der Waals surface area (Å²) < 4.78 is 50.2. The Bertz CT molecular complexity index is 743. The predicted molar refractivity (Wildman–Crippen MR) is 101 cm³/mol. The molecule has 1 aromatic rings. The maximum atomic E-state index is 12.3. The molecule has 0 unspecified atom stereocenters. The number of sulfonamides is 1. The monoisotopic (exact) mass is 410 g/mol. The molecule has 9 heteroatoms. The van der Waals surface area contributed by atoms with Gasteiger partial charge < -0.3 is 5.32 Å². The smallest absolute Gasteiger partial charge is 0.240 e. The van der Waals surface area contributed by atoms with Crippen molar-refractivity contribution >= 4 is 32.3 Å². The third-order valence-corrected chi connectivity index (χ3v) is 6.82. The first-order valence-corrected chi connectivity index (χ1v) is 11.7. The topological polar surface area (TPSA) is 92.3 Å². The fourth-order valence-electron chi connectivity index (χ4n) is 2.90. The van der Waals surface area contributed by atoms with E-state index in [0.717, 1.165) is 19.1 Å².